The molecule has 394 valence electrons. The summed E-state index contributed by atoms with van der Waals surface area (Å²) in [5.74, 6) is 0. The molecule has 0 radical (unpaired) electrons. The van der Waals surface area contributed by atoms with Crippen molar-refractivity contribution in [3.8, 4) is 23.1 Å². The maximum Gasteiger partial charge on any atom is 0.163 e. The Morgan fingerprint density at radius 2 is 0.590 bits per heavy atom. The number of aromatic nitrogens is 3. The fourth-order valence-electron chi connectivity index (χ4n) is 12.3. The summed E-state index contributed by atoms with van der Waals surface area (Å²) in [6, 6.07) is 53.5. The van der Waals surface area contributed by atoms with Crippen LogP contribution in [0.15, 0.2) is 138 Å². The van der Waals surface area contributed by atoms with Gasteiger partial charge in [0.15, 0.2) is 5.58 Å². The number of nitriles is 1. The molecule has 0 atom stereocenters. The topological polar surface area (TPSA) is 51.7 Å². The van der Waals surface area contributed by atoms with Gasteiger partial charge in [0.05, 0.1) is 49.9 Å². The van der Waals surface area contributed by atoms with Gasteiger partial charge in [0, 0.05) is 37.7 Å². The molecule has 0 aliphatic carbocycles. The van der Waals surface area contributed by atoms with Crippen LogP contribution in [0.1, 0.15) is 164 Å². The van der Waals surface area contributed by atoms with Gasteiger partial charge in [-0.3, -0.25) is 0 Å². The van der Waals surface area contributed by atoms with Crippen molar-refractivity contribution in [3.63, 3.8) is 0 Å². The van der Waals surface area contributed by atoms with Crippen molar-refractivity contribution in [1.82, 2.24) is 13.7 Å². The Hall–Kier alpha value is -7.55. The van der Waals surface area contributed by atoms with E-state index in [-0.39, 0.29) is 32.5 Å². The first-order valence-corrected chi connectivity index (χ1v) is 28.1. The first-order chi connectivity index (χ1) is 36.4. The Morgan fingerprint density at radius 1 is 0.321 bits per heavy atom. The van der Waals surface area contributed by atoms with Crippen LogP contribution < -0.4 is 0 Å². The first-order valence-electron chi connectivity index (χ1n) is 28.1. The summed E-state index contributed by atoms with van der Waals surface area (Å²) in [6.45, 7) is 41.3. The number of fused-ring (bicyclic) bond motifs is 12. The summed E-state index contributed by atoms with van der Waals surface area (Å²) >= 11 is 0. The molecule has 12 aromatic rings. The smallest absolute Gasteiger partial charge is 0.163 e. The van der Waals surface area contributed by atoms with Gasteiger partial charge >= 0.3 is 0 Å². The molecule has 4 heterocycles. The fraction of sp³-hybridized carbons (Fsp3) is 0.329. The Labute approximate surface area is 461 Å². The van der Waals surface area contributed by atoms with Crippen molar-refractivity contribution in [2.45, 2.75) is 157 Å². The van der Waals surface area contributed by atoms with Gasteiger partial charge in [-0.05, 0) is 145 Å². The van der Waals surface area contributed by atoms with Gasteiger partial charge in [-0.25, -0.2) is 0 Å². The highest BCUT2D eigenvalue weighted by Gasteiger charge is 2.34. The second-order valence-electron chi connectivity index (χ2n) is 28.7. The van der Waals surface area contributed by atoms with Crippen LogP contribution in [0.5, 0.6) is 0 Å². The highest BCUT2D eigenvalue weighted by atomic mass is 16.3. The normalized spacial score (nSPS) is 13.5. The molecule has 12 rings (SSSR count). The minimum absolute atomic E-state index is 0.0925. The lowest BCUT2D eigenvalue weighted by Gasteiger charge is -2.24. The van der Waals surface area contributed by atoms with E-state index in [0.717, 1.165) is 93.6 Å². The molecule has 0 N–H and O–H groups in total. The van der Waals surface area contributed by atoms with Crippen LogP contribution in [0.25, 0.3) is 104 Å². The van der Waals surface area contributed by atoms with Crippen LogP contribution in [0.4, 0.5) is 0 Å². The summed E-state index contributed by atoms with van der Waals surface area (Å²) in [6.07, 6.45) is 0. The highest BCUT2D eigenvalue weighted by molar-refractivity contribution is 6.21. The molecule has 8 aromatic carbocycles. The lowest BCUT2D eigenvalue weighted by Crippen LogP contribution is -2.13. The minimum atomic E-state index is -0.107. The summed E-state index contributed by atoms with van der Waals surface area (Å²) in [7, 11) is 0. The van der Waals surface area contributed by atoms with Gasteiger partial charge in [-0.2, -0.15) is 5.26 Å². The zero-order chi connectivity index (χ0) is 55.7. The maximum absolute atomic E-state index is 12.7. The van der Waals surface area contributed by atoms with E-state index in [1.54, 1.807) is 0 Å². The Bertz CT molecular complexity index is 4330. The highest BCUT2D eigenvalue weighted by Crippen LogP contribution is 2.51. The second kappa shape index (κ2) is 16.7. The molecule has 4 aromatic heterocycles. The third-order valence-electron chi connectivity index (χ3n) is 17.0. The van der Waals surface area contributed by atoms with Gasteiger partial charge in [0.25, 0.3) is 0 Å². The number of nitrogens with zero attached hydrogens (tertiary/aromatic N) is 4. The van der Waals surface area contributed by atoms with Crippen molar-refractivity contribution >= 4 is 87.4 Å². The molecule has 5 heteroatoms. The zero-order valence-corrected chi connectivity index (χ0v) is 49.4. The van der Waals surface area contributed by atoms with E-state index >= 15 is 0 Å². The third-order valence-corrected chi connectivity index (χ3v) is 17.0. The molecule has 0 amide bonds. The lowest BCUT2D eigenvalue weighted by molar-refractivity contribution is 0.590. The average Bonchev–Trinajstić information content (AvgIpc) is 3.65. The summed E-state index contributed by atoms with van der Waals surface area (Å²) in [4.78, 5) is 0. The van der Waals surface area contributed by atoms with Gasteiger partial charge in [-0.1, -0.05) is 179 Å². The molecule has 0 saturated heterocycles. The monoisotopic (exact) mass is 1020 g/mol. The van der Waals surface area contributed by atoms with Crippen LogP contribution in [-0.4, -0.2) is 13.7 Å². The van der Waals surface area contributed by atoms with Crippen LogP contribution in [0.3, 0.4) is 0 Å². The second-order valence-corrected chi connectivity index (χ2v) is 28.7. The van der Waals surface area contributed by atoms with Crippen LogP contribution in [0.2, 0.25) is 0 Å². The fourth-order valence-corrected chi connectivity index (χ4v) is 12.3. The summed E-state index contributed by atoms with van der Waals surface area (Å²) in [5.41, 5.74) is 17.7. The molecule has 0 bridgehead atoms. The van der Waals surface area contributed by atoms with Crippen molar-refractivity contribution in [3.05, 3.63) is 172 Å². The number of hydrogen-bond donors (Lipinski definition) is 0. The molecular weight excluding hydrogens is 949 g/mol. The van der Waals surface area contributed by atoms with Crippen LogP contribution >= 0.6 is 0 Å². The van der Waals surface area contributed by atoms with E-state index < -0.39 is 0 Å². The number of para-hydroxylation sites is 1. The van der Waals surface area contributed by atoms with Crippen molar-refractivity contribution in [1.29, 1.82) is 5.26 Å². The minimum Gasteiger partial charge on any atom is -0.454 e. The predicted octanol–water partition coefficient (Wildman–Crippen LogP) is 20.5. The third kappa shape index (κ3) is 7.83. The van der Waals surface area contributed by atoms with Crippen molar-refractivity contribution in [2.24, 2.45) is 0 Å². The molecule has 0 spiro atoms. The molecular formula is C73H76N4O. The van der Waals surface area contributed by atoms with Crippen LogP contribution in [-0.2, 0) is 32.5 Å². The molecule has 0 aliphatic heterocycles. The van der Waals surface area contributed by atoms with E-state index in [9.17, 15) is 5.26 Å². The molecule has 0 saturated carbocycles. The molecule has 5 nitrogen and oxygen atoms in total. The van der Waals surface area contributed by atoms with E-state index in [4.69, 9.17) is 4.42 Å². The lowest BCUT2D eigenvalue weighted by atomic mass is 9.85. The number of furan rings is 1. The molecule has 0 unspecified atom stereocenters. The molecule has 0 aliphatic rings. The van der Waals surface area contributed by atoms with Gasteiger partial charge in [0.1, 0.15) is 22.9 Å². The maximum atomic E-state index is 12.7. The van der Waals surface area contributed by atoms with Gasteiger partial charge in [0.2, 0.25) is 0 Å². The summed E-state index contributed by atoms with van der Waals surface area (Å²) in [5, 5.41) is 21.6. The van der Waals surface area contributed by atoms with E-state index in [1.165, 1.54) is 44.2 Å². The van der Waals surface area contributed by atoms with Crippen LogP contribution in [0, 0.1) is 11.3 Å². The van der Waals surface area contributed by atoms with Gasteiger partial charge < -0.3 is 18.1 Å². The Kier molecular flexibility index (Phi) is 11.0. The number of benzene rings is 8. The number of hydrogen-bond acceptors (Lipinski definition) is 2. The number of rotatable bonds is 3. The average molecular weight is 1030 g/mol. The standard InChI is InChI=1S/C73H76N4O/c1-68(2,3)42-23-29-56-49(35-42)50-36-43(69(4,5)6)24-30-57(50)75(56)64-55(41-74)65(76-58-31-25-44(70(7,8)9)37-51(58)52-38-45(71(10,11)12)26-32-59(52)76)66(67-63(64)48-21-19-20-22-62(48)78-67)77-60-33-27-46(72(13,14)15)39-53(60)54-40-47(73(16,17)18)28-34-61(54)77/h19-40H,1-18H3. The quantitative estimate of drug-likeness (QED) is 0.177. The summed E-state index contributed by atoms with van der Waals surface area (Å²) < 4.78 is 14.8. The molecule has 78 heavy (non-hydrogen) atoms. The van der Waals surface area contributed by atoms with E-state index in [0.29, 0.717) is 5.56 Å². The van der Waals surface area contributed by atoms with E-state index in [2.05, 4.69) is 278 Å². The van der Waals surface area contributed by atoms with Gasteiger partial charge in [-0.15, -0.1) is 0 Å². The molecule has 0 fully saturated rings. The first kappa shape index (κ1) is 51.2. The Balaban J connectivity index is 1.38. The Morgan fingerprint density at radius 3 is 0.872 bits per heavy atom. The predicted molar refractivity (Wildman–Crippen MR) is 334 cm³/mol. The van der Waals surface area contributed by atoms with E-state index in [1.807, 2.05) is 0 Å². The van der Waals surface area contributed by atoms with Crippen molar-refractivity contribution < 1.29 is 4.42 Å². The van der Waals surface area contributed by atoms with Crippen molar-refractivity contribution in [2.75, 3.05) is 0 Å². The zero-order valence-electron chi connectivity index (χ0n) is 49.4. The SMILES string of the molecule is CC(C)(C)c1ccc2c(c1)c1cc(C(C)(C)C)ccc1n2-c1c(C#N)c(-n2c3ccc(C(C)(C)C)cc3c3cc(C(C)(C)C)ccc32)c2c(oc3ccccc32)c1-n1c2ccc(C(C)(C)C)cc2c2cc(C(C)(C)C)ccc21. The largest absolute Gasteiger partial charge is 0.454 e.